The number of hydrogen-bond acceptors (Lipinski definition) is 3. The fraction of sp³-hybridized carbons (Fsp3) is 0.240. The minimum Gasteiger partial charge on any atom is -0.306 e. The van der Waals surface area contributed by atoms with Crippen LogP contribution in [0.3, 0.4) is 0 Å². The van der Waals surface area contributed by atoms with E-state index in [2.05, 4.69) is 4.98 Å². The van der Waals surface area contributed by atoms with Crippen LogP contribution in [0.1, 0.15) is 40.9 Å². The van der Waals surface area contributed by atoms with Gasteiger partial charge < -0.3 is 9.13 Å². The van der Waals surface area contributed by atoms with Gasteiger partial charge in [0, 0.05) is 37.1 Å². The fourth-order valence-electron chi connectivity index (χ4n) is 4.00. The van der Waals surface area contributed by atoms with Gasteiger partial charge in [-0.05, 0) is 55.7 Å². The summed E-state index contributed by atoms with van der Waals surface area (Å²) in [6.07, 6.45) is 5.73. The quantitative estimate of drug-likeness (QED) is 0.483. The molecule has 0 radical (unpaired) electrons. The lowest BCUT2D eigenvalue weighted by molar-refractivity contribution is 0.541. The van der Waals surface area contributed by atoms with Crippen molar-refractivity contribution in [3.8, 4) is 5.69 Å². The van der Waals surface area contributed by atoms with Crippen LogP contribution in [0.5, 0.6) is 0 Å². The lowest BCUT2D eigenvalue weighted by atomic mass is 10.0. The standard InChI is InChI=1S/C25H25FN4O2/c1-16-11-19(5-10-23(16)29-13-17(2)27-15-29)12-21-14-28(4)25(32)30(24(21)31)18(3)20-6-8-22(26)9-7-20/h5-11,13-15,18H,12H2,1-4H3. The third kappa shape index (κ3) is 4.06. The molecule has 0 bridgehead atoms. The van der Waals surface area contributed by atoms with E-state index in [9.17, 15) is 14.0 Å². The highest BCUT2D eigenvalue weighted by Crippen LogP contribution is 2.19. The lowest BCUT2D eigenvalue weighted by Gasteiger charge is -2.17. The molecule has 1 atom stereocenters. The summed E-state index contributed by atoms with van der Waals surface area (Å²) in [5.41, 5.74) is 4.47. The van der Waals surface area contributed by atoms with E-state index in [4.69, 9.17) is 0 Å². The van der Waals surface area contributed by atoms with Crippen LogP contribution in [0.15, 0.2) is 70.8 Å². The van der Waals surface area contributed by atoms with Gasteiger partial charge in [-0.15, -0.1) is 0 Å². The molecule has 2 aromatic carbocycles. The second kappa shape index (κ2) is 8.42. The predicted molar refractivity (Wildman–Crippen MR) is 122 cm³/mol. The third-order valence-electron chi connectivity index (χ3n) is 5.74. The van der Waals surface area contributed by atoms with Crippen molar-refractivity contribution in [3.63, 3.8) is 0 Å². The highest BCUT2D eigenvalue weighted by atomic mass is 19.1. The summed E-state index contributed by atoms with van der Waals surface area (Å²) in [6, 6.07) is 11.4. The molecule has 0 fully saturated rings. The Bertz CT molecular complexity index is 1400. The maximum Gasteiger partial charge on any atom is 0.331 e. The average Bonchev–Trinajstić information content (AvgIpc) is 3.18. The zero-order valence-electron chi connectivity index (χ0n) is 18.5. The number of halogens is 1. The molecule has 7 heteroatoms. The minimum absolute atomic E-state index is 0.336. The molecule has 4 rings (SSSR count). The first-order valence-corrected chi connectivity index (χ1v) is 10.4. The molecule has 0 aliphatic heterocycles. The van der Waals surface area contributed by atoms with Gasteiger partial charge in [0.1, 0.15) is 5.82 Å². The van der Waals surface area contributed by atoms with Crippen molar-refractivity contribution in [2.75, 3.05) is 0 Å². The topological polar surface area (TPSA) is 61.8 Å². The van der Waals surface area contributed by atoms with E-state index in [0.29, 0.717) is 17.5 Å². The summed E-state index contributed by atoms with van der Waals surface area (Å²) in [4.78, 5) is 30.3. The van der Waals surface area contributed by atoms with E-state index in [0.717, 1.165) is 22.5 Å². The first-order chi connectivity index (χ1) is 15.2. The van der Waals surface area contributed by atoms with Gasteiger partial charge in [-0.3, -0.25) is 9.36 Å². The van der Waals surface area contributed by atoms with Crippen molar-refractivity contribution >= 4 is 0 Å². The lowest BCUT2D eigenvalue weighted by Crippen LogP contribution is -2.42. The van der Waals surface area contributed by atoms with Gasteiger partial charge in [-0.25, -0.2) is 14.2 Å². The molecule has 4 aromatic rings. The van der Waals surface area contributed by atoms with Crippen molar-refractivity contribution < 1.29 is 4.39 Å². The van der Waals surface area contributed by atoms with Crippen LogP contribution in [-0.4, -0.2) is 18.7 Å². The number of benzene rings is 2. The monoisotopic (exact) mass is 432 g/mol. The molecule has 32 heavy (non-hydrogen) atoms. The molecule has 2 aromatic heterocycles. The Kier molecular flexibility index (Phi) is 5.65. The number of aryl methyl sites for hydroxylation is 3. The zero-order chi connectivity index (χ0) is 23.0. The van der Waals surface area contributed by atoms with Gasteiger partial charge in [-0.1, -0.05) is 24.3 Å². The molecular formula is C25H25FN4O2. The van der Waals surface area contributed by atoms with Crippen molar-refractivity contribution in [3.05, 3.63) is 116 Å². The van der Waals surface area contributed by atoms with E-state index in [1.54, 1.807) is 38.6 Å². The van der Waals surface area contributed by atoms with Gasteiger partial charge in [0.2, 0.25) is 0 Å². The number of hydrogen-bond donors (Lipinski definition) is 0. The van der Waals surface area contributed by atoms with Gasteiger partial charge in [-0.2, -0.15) is 0 Å². The Morgan fingerprint density at radius 1 is 1.03 bits per heavy atom. The Labute approximate surface area is 185 Å². The Morgan fingerprint density at radius 2 is 1.75 bits per heavy atom. The molecule has 164 valence electrons. The predicted octanol–water partition coefficient (Wildman–Crippen LogP) is 3.69. The van der Waals surface area contributed by atoms with Crippen LogP contribution in [0, 0.1) is 19.7 Å². The normalized spacial score (nSPS) is 12.2. The van der Waals surface area contributed by atoms with Crippen molar-refractivity contribution in [1.82, 2.24) is 18.7 Å². The van der Waals surface area contributed by atoms with Crippen LogP contribution >= 0.6 is 0 Å². The van der Waals surface area contributed by atoms with Gasteiger partial charge in [0.25, 0.3) is 5.56 Å². The van der Waals surface area contributed by atoms with Gasteiger partial charge >= 0.3 is 5.69 Å². The van der Waals surface area contributed by atoms with E-state index in [-0.39, 0.29) is 11.4 Å². The summed E-state index contributed by atoms with van der Waals surface area (Å²) in [6.45, 7) is 5.73. The van der Waals surface area contributed by atoms with E-state index in [1.807, 2.05) is 42.8 Å². The average molecular weight is 432 g/mol. The van der Waals surface area contributed by atoms with Crippen molar-refractivity contribution in [2.45, 2.75) is 33.2 Å². The minimum atomic E-state index is -0.518. The van der Waals surface area contributed by atoms with Crippen LogP contribution in [0.25, 0.3) is 5.69 Å². The summed E-state index contributed by atoms with van der Waals surface area (Å²) >= 11 is 0. The molecule has 0 aliphatic rings. The Morgan fingerprint density at radius 3 is 2.38 bits per heavy atom. The van der Waals surface area contributed by atoms with Crippen molar-refractivity contribution in [1.29, 1.82) is 0 Å². The van der Waals surface area contributed by atoms with Gasteiger partial charge in [0.15, 0.2) is 0 Å². The molecule has 6 nitrogen and oxygen atoms in total. The molecule has 1 unspecified atom stereocenters. The second-order valence-electron chi connectivity index (χ2n) is 8.17. The van der Waals surface area contributed by atoms with E-state index >= 15 is 0 Å². The summed E-state index contributed by atoms with van der Waals surface area (Å²) in [5.74, 6) is -0.361. The van der Waals surface area contributed by atoms with Crippen LogP contribution in [0.2, 0.25) is 0 Å². The largest absolute Gasteiger partial charge is 0.331 e. The number of rotatable bonds is 5. The van der Waals surface area contributed by atoms with Gasteiger partial charge in [0.05, 0.1) is 18.1 Å². The number of nitrogens with zero attached hydrogens (tertiary/aromatic N) is 4. The zero-order valence-corrected chi connectivity index (χ0v) is 18.5. The molecule has 0 amide bonds. The maximum atomic E-state index is 13.3. The molecule has 0 spiro atoms. The second-order valence-corrected chi connectivity index (χ2v) is 8.17. The molecule has 2 heterocycles. The Balaban J connectivity index is 1.70. The summed E-state index contributed by atoms with van der Waals surface area (Å²) < 4.78 is 17.9. The number of aromatic nitrogens is 4. The number of imidazole rings is 1. The van der Waals surface area contributed by atoms with E-state index < -0.39 is 11.7 Å². The molecular weight excluding hydrogens is 407 g/mol. The van der Waals surface area contributed by atoms with Crippen LogP contribution in [0.4, 0.5) is 4.39 Å². The first-order valence-electron chi connectivity index (χ1n) is 10.4. The molecule has 0 saturated carbocycles. The third-order valence-corrected chi connectivity index (χ3v) is 5.74. The summed E-state index contributed by atoms with van der Waals surface area (Å²) in [5, 5.41) is 0. The van der Waals surface area contributed by atoms with Crippen LogP contribution < -0.4 is 11.2 Å². The highest BCUT2D eigenvalue weighted by molar-refractivity contribution is 5.44. The Hall–Kier alpha value is -3.74. The van der Waals surface area contributed by atoms with Crippen LogP contribution in [-0.2, 0) is 13.5 Å². The summed E-state index contributed by atoms with van der Waals surface area (Å²) in [7, 11) is 1.63. The molecule has 0 aliphatic carbocycles. The highest BCUT2D eigenvalue weighted by Gasteiger charge is 2.17. The molecule has 0 N–H and O–H groups in total. The van der Waals surface area contributed by atoms with E-state index in [1.165, 1.54) is 21.3 Å². The fourth-order valence-corrected chi connectivity index (χ4v) is 4.00. The molecule has 0 saturated heterocycles. The van der Waals surface area contributed by atoms with Crippen molar-refractivity contribution in [2.24, 2.45) is 7.05 Å². The maximum absolute atomic E-state index is 13.3. The SMILES string of the molecule is Cc1cn(-c2ccc(Cc3cn(C)c(=O)n(C(C)c4ccc(F)cc4)c3=O)cc2C)cn1. The first kappa shape index (κ1) is 21.5. The smallest absolute Gasteiger partial charge is 0.306 e.